The van der Waals surface area contributed by atoms with Crippen molar-refractivity contribution in [3.8, 4) is 5.69 Å². The highest BCUT2D eigenvalue weighted by Gasteiger charge is 2.22. The highest BCUT2D eigenvalue weighted by molar-refractivity contribution is 5.72. The summed E-state index contributed by atoms with van der Waals surface area (Å²) in [4.78, 5) is 17.4. The Morgan fingerprint density at radius 1 is 1.12 bits per heavy atom. The molecule has 0 unspecified atom stereocenters. The molecule has 0 spiro atoms. The number of rotatable bonds is 2. The van der Waals surface area contributed by atoms with Crippen molar-refractivity contribution in [2.24, 2.45) is 0 Å². The second kappa shape index (κ2) is 5.90. The maximum atomic E-state index is 12.8. The van der Waals surface area contributed by atoms with Gasteiger partial charge >= 0.3 is 5.56 Å². The Balaban J connectivity index is 0.00000169. The highest BCUT2D eigenvalue weighted by Crippen LogP contribution is 2.11. The number of aromatic amines is 1. The van der Waals surface area contributed by atoms with Crippen molar-refractivity contribution < 1.29 is 9.99 Å². The van der Waals surface area contributed by atoms with Crippen LogP contribution >= 0.6 is 0 Å². The van der Waals surface area contributed by atoms with E-state index in [4.69, 9.17) is 0 Å². The lowest BCUT2D eigenvalue weighted by molar-refractivity contribution is -0.556. The number of nitrogens with zero attached hydrogens (tertiary/aromatic N) is 3. The van der Waals surface area contributed by atoms with Gasteiger partial charge in [0.2, 0.25) is 0 Å². The summed E-state index contributed by atoms with van der Waals surface area (Å²) < 4.78 is 3.38. The van der Waals surface area contributed by atoms with Gasteiger partial charge in [-0.15, -0.1) is 4.52 Å². The lowest BCUT2D eigenvalue weighted by Crippen LogP contribution is -2.27. The van der Waals surface area contributed by atoms with Crippen LogP contribution in [0.3, 0.4) is 0 Å². The SMILES string of the molecule is CCc1ccc(-n2[nH][n+]3c(c(C)nc4ccccc43)c2=O)cc1.[OH-]. The monoisotopic (exact) mass is 322 g/mol. The van der Waals surface area contributed by atoms with Gasteiger partial charge in [0.15, 0.2) is 11.2 Å². The number of hydrogen-bond donors (Lipinski definition) is 1. The summed E-state index contributed by atoms with van der Waals surface area (Å²) in [5.74, 6) is 0. The van der Waals surface area contributed by atoms with E-state index in [1.54, 1.807) is 4.68 Å². The van der Waals surface area contributed by atoms with Crippen LogP contribution in [-0.4, -0.2) is 20.4 Å². The van der Waals surface area contributed by atoms with Crippen molar-refractivity contribution in [2.75, 3.05) is 0 Å². The molecule has 0 radical (unpaired) electrons. The maximum Gasteiger partial charge on any atom is 0.408 e. The number of aromatic nitrogens is 4. The number of nitrogens with one attached hydrogen (secondary N) is 1. The fraction of sp³-hybridized carbons (Fsp3) is 0.167. The second-order valence-corrected chi connectivity index (χ2v) is 5.63. The molecular weight excluding hydrogens is 304 g/mol. The van der Waals surface area contributed by atoms with E-state index in [0.717, 1.165) is 23.1 Å². The Morgan fingerprint density at radius 2 is 1.83 bits per heavy atom. The van der Waals surface area contributed by atoms with E-state index in [-0.39, 0.29) is 11.0 Å². The molecule has 2 heterocycles. The van der Waals surface area contributed by atoms with E-state index in [1.165, 1.54) is 5.56 Å². The predicted molar refractivity (Wildman–Crippen MR) is 90.9 cm³/mol. The van der Waals surface area contributed by atoms with Crippen molar-refractivity contribution >= 4 is 16.6 Å². The Hall–Kier alpha value is -2.99. The largest absolute Gasteiger partial charge is 0.870 e. The first-order valence-electron chi connectivity index (χ1n) is 7.70. The average molecular weight is 322 g/mol. The fourth-order valence-corrected chi connectivity index (χ4v) is 2.92. The molecule has 0 aliphatic heterocycles. The Morgan fingerprint density at radius 3 is 2.54 bits per heavy atom. The molecule has 0 amide bonds. The third-order valence-corrected chi connectivity index (χ3v) is 4.19. The zero-order valence-corrected chi connectivity index (χ0v) is 13.5. The van der Waals surface area contributed by atoms with Gasteiger partial charge < -0.3 is 5.48 Å². The summed E-state index contributed by atoms with van der Waals surface area (Å²) in [5, 5.41) is 3.18. The minimum atomic E-state index is -0.0926. The average Bonchev–Trinajstić information content (AvgIpc) is 2.93. The van der Waals surface area contributed by atoms with E-state index < -0.39 is 0 Å². The van der Waals surface area contributed by atoms with Gasteiger partial charge in [0.25, 0.3) is 5.52 Å². The molecule has 0 aliphatic carbocycles. The van der Waals surface area contributed by atoms with Crippen LogP contribution in [0.15, 0.2) is 53.3 Å². The number of hydrogen-bond acceptors (Lipinski definition) is 3. The molecule has 24 heavy (non-hydrogen) atoms. The van der Waals surface area contributed by atoms with Gasteiger partial charge in [0.05, 0.1) is 5.69 Å². The predicted octanol–water partition coefficient (Wildman–Crippen LogP) is 2.15. The smallest absolute Gasteiger partial charge is 0.408 e. The zero-order valence-electron chi connectivity index (χ0n) is 13.5. The zero-order chi connectivity index (χ0) is 16.0. The summed E-state index contributed by atoms with van der Waals surface area (Å²) in [6.45, 7) is 3.97. The van der Waals surface area contributed by atoms with Crippen molar-refractivity contribution in [2.45, 2.75) is 20.3 Å². The van der Waals surface area contributed by atoms with Crippen molar-refractivity contribution in [3.05, 3.63) is 70.1 Å². The molecule has 0 fully saturated rings. The van der Waals surface area contributed by atoms with E-state index in [1.807, 2.05) is 60.0 Å². The van der Waals surface area contributed by atoms with Crippen LogP contribution in [0.2, 0.25) is 0 Å². The Bertz CT molecular complexity index is 1080. The normalized spacial score (nSPS) is 10.9. The molecule has 0 aliphatic rings. The molecule has 2 N–H and O–H groups in total. The van der Waals surface area contributed by atoms with Gasteiger partial charge in [-0.2, -0.15) is 0 Å². The number of H-pyrrole nitrogens is 1. The van der Waals surface area contributed by atoms with E-state index >= 15 is 0 Å². The molecule has 0 bridgehead atoms. The van der Waals surface area contributed by atoms with E-state index in [0.29, 0.717) is 11.2 Å². The van der Waals surface area contributed by atoms with Crippen LogP contribution in [0.1, 0.15) is 18.2 Å². The number of fused-ring (bicyclic) bond motifs is 3. The molecule has 0 atom stereocenters. The standard InChI is InChI=1S/C18H16N4O.H2O/c1-3-13-8-10-14(11-9-13)21-18(23)17-12(2)19-15-6-4-5-7-16(15)22(17)20-21;/h4-11H,3H2,1-2H3;1H2. The first-order valence-corrected chi connectivity index (χ1v) is 7.70. The molecule has 4 aromatic rings. The maximum absolute atomic E-state index is 12.8. The van der Waals surface area contributed by atoms with Crippen molar-refractivity contribution in [3.63, 3.8) is 0 Å². The van der Waals surface area contributed by atoms with Crippen LogP contribution < -0.4 is 10.1 Å². The summed E-state index contributed by atoms with van der Waals surface area (Å²) in [6, 6.07) is 15.8. The molecule has 6 heteroatoms. The van der Waals surface area contributed by atoms with Crippen LogP contribution in [0.5, 0.6) is 0 Å². The molecule has 2 aromatic carbocycles. The fourth-order valence-electron chi connectivity index (χ4n) is 2.92. The Labute approximate surface area is 138 Å². The van der Waals surface area contributed by atoms with Gasteiger partial charge in [0, 0.05) is 0 Å². The van der Waals surface area contributed by atoms with Crippen LogP contribution in [0, 0.1) is 6.92 Å². The third kappa shape index (κ3) is 2.28. The van der Waals surface area contributed by atoms with Crippen molar-refractivity contribution in [1.29, 1.82) is 0 Å². The molecule has 6 nitrogen and oxygen atoms in total. The molecule has 0 saturated heterocycles. The van der Waals surface area contributed by atoms with Gasteiger partial charge in [-0.1, -0.05) is 41.1 Å². The quantitative estimate of drug-likeness (QED) is 0.574. The second-order valence-electron chi connectivity index (χ2n) is 5.63. The lowest BCUT2D eigenvalue weighted by atomic mass is 10.1. The summed E-state index contributed by atoms with van der Waals surface area (Å²) in [6.07, 6.45) is 0.976. The molecule has 2 aromatic heterocycles. The topological polar surface area (TPSA) is 84.8 Å². The third-order valence-electron chi connectivity index (χ3n) is 4.19. The summed E-state index contributed by atoms with van der Waals surface area (Å²) >= 11 is 0. The summed E-state index contributed by atoms with van der Waals surface area (Å²) in [5.41, 5.74) is 5.00. The summed E-state index contributed by atoms with van der Waals surface area (Å²) in [7, 11) is 0. The number of aryl methyl sites for hydroxylation is 2. The molecule has 122 valence electrons. The van der Waals surface area contributed by atoms with Crippen LogP contribution in [0.25, 0.3) is 22.2 Å². The first kappa shape index (κ1) is 15.9. The molecular formula is C18H18N4O2. The van der Waals surface area contributed by atoms with E-state index in [9.17, 15) is 4.79 Å². The van der Waals surface area contributed by atoms with E-state index in [2.05, 4.69) is 17.1 Å². The van der Waals surface area contributed by atoms with Gasteiger partial charge in [-0.3, -0.25) is 0 Å². The lowest BCUT2D eigenvalue weighted by Gasteiger charge is -1.97. The number of benzene rings is 2. The first-order chi connectivity index (χ1) is 11.2. The minimum absolute atomic E-state index is 0. The van der Waals surface area contributed by atoms with Crippen molar-refractivity contribution in [1.82, 2.24) is 14.9 Å². The number of para-hydroxylation sites is 2. The van der Waals surface area contributed by atoms with Crippen LogP contribution in [-0.2, 0) is 6.42 Å². The molecule has 0 saturated carbocycles. The van der Waals surface area contributed by atoms with Gasteiger partial charge in [-0.05, 0) is 43.2 Å². The van der Waals surface area contributed by atoms with Gasteiger partial charge in [0.1, 0.15) is 5.52 Å². The van der Waals surface area contributed by atoms with Gasteiger partial charge in [-0.25, -0.2) is 9.78 Å². The Kier molecular flexibility index (Phi) is 3.91. The molecule has 4 rings (SSSR count). The minimum Gasteiger partial charge on any atom is -0.870 e. The van der Waals surface area contributed by atoms with Crippen LogP contribution in [0.4, 0.5) is 0 Å². The highest BCUT2D eigenvalue weighted by atomic mass is 16.1.